The van der Waals surface area contributed by atoms with Crippen LogP contribution in [0.2, 0.25) is 0 Å². The summed E-state index contributed by atoms with van der Waals surface area (Å²) in [7, 11) is 0. The lowest BCUT2D eigenvalue weighted by Gasteiger charge is -2.28. The van der Waals surface area contributed by atoms with Crippen molar-refractivity contribution in [3.63, 3.8) is 0 Å². The summed E-state index contributed by atoms with van der Waals surface area (Å²) in [5.74, 6) is -0.606. The quantitative estimate of drug-likeness (QED) is 0.465. The molecule has 5 N–H and O–H groups in total. The fourth-order valence-electron chi connectivity index (χ4n) is 2.27. The number of aliphatic hydroxyl groups excluding tert-OH is 1. The third-order valence-corrected chi connectivity index (χ3v) is 3.36. The highest BCUT2D eigenvalue weighted by Gasteiger charge is 2.25. The molecule has 2 rings (SSSR count). The van der Waals surface area contributed by atoms with E-state index in [9.17, 15) is 15.0 Å². The van der Waals surface area contributed by atoms with E-state index >= 15 is 0 Å². The van der Waals surface area contributed by atoms with Crippen molar-refractivity contribution in [3.8, 4) is 5.75 Å². The van der Waals surface area contributed by atoms with E-state index in [4.69, 9.17) is 5.73 Å². The van der Waals surface area contributed by atoms with Gasteiger partial charge < -0.3 is 21.3 Å². The number of rotatable bonds is 2. The summed E-state index contributed by atoms with van der Waals surface area (Å²) in [6.07, 6.45) is 2.93. The number of phenols is 1. The van der Waals surface area contributed by atoms with Gasteiger partial charge in [-0.25, -0.2) is 0 Å². The van der Waals surface area contributed by atoms with Crippen molar-refractivity contribution in [1.29, 1.82) is 0 Å². The van der Waals surface area contributed by atoms with Crippen LogP contribution in [0.15, 0.2) is 18.2 Å². The number of phenolic OH excluding ortho intramolecular Hbond substituents is 1. The molecule has 0 heterocycles. The number of aromatic hydroxyl groups is 1. The lowest BCUT2D eigenvalue weighted by Crippen LogP contribution is -2.45. The van der Waals surface area contributed by atoms with E-state index in [1.54, 1.807) is 6.07 Å². The molecule has 0 aromatic heterocycles. The number of nitrogen functional groups attached to an aromatic ring is 1. The number of hydrogen-bond acceptors (Lipinski definition) is 4. The number of aliphatic hydroxyl groups is 1. The normalized spacial score (nSPS) is 23.6. The van der Waals surface area contributed by atoms with Crippen LogP contribution in [0.25, 0.3) is 0 Å². The first-order valence-electron chi connectivity index (χ1n) is 6.16. The zero-order valence-electron chi connectivity index (χ0n) is 10.1. The van der Waals surface area contributed by atoms with Crippen molar-refractivity contribution in [2.45, 2.75) is 37.8 Å². The number of para-hydroxylation sites is 1. The van der Waals surface area contributed by atoms with Gasteiger partial charge in [-0.05, 0) is 25.0 Å². The fourth-order valence-corrected chi connectivity index (χ4v) is 2.27. The number of hydrogen-bond donors (Lipinski definition) is 4. The summed E-state index contributed by atoms with van der Waals surface area (Å²) in [4.78, 5) is 12.0. The molecule has 1 aliphatic rings. The molecule has 0 saturated heterocycles. The van der Waals surface area contributed by atoms with E-state index in [2.05, 4.69) is 5.32 Å². The van der Waals surface area contributed by atoms with Crippen LogP contribution in [0.3, 0.4) is 0 Å². The molecule has 1 amide bonds. The molecule has 1 saturated carbocycles. The van der Waals surface area contributed by atoms with Gasteiger partial charge in [0.2, 0.25) is 0 Å². The monoisotopic (exact) mass is 250 g/mol. The maximum Gasteiger partial charge on any atom is 0.255 e. The maximum absolute atomic E-state index is 12.0. The molecular weight excluding hydrogens is 232 g/mol. The van der Waals surface area contributed by atoms with Crippen LogP contribution in [-0.4, -0.2) is 28.3 Å². The highest BCUT2D eigenvalue weighted by atomic mass is 16.3. The standard InChI is InChI=1S/C13H18N2O3/c14-9-5-3-4-8(12(9)17)13(18)15-10-6-1-2-7-11(10)16/h3-5,10-11,16-17H,1-2,6-7,14H2,(H,15,18)/t10-,11-/m0/s1. The molecule has 1 fully saturated rings. The Hall–Kier alpha value is -1.75. The fraction of sp³-hybridized carbons (Fsp3) is 0.462. The van der Waals surface area contributed by atoms with Gasteiger partial charge in [-0.1, -0.05) is 18.9 Å². The number of carbonyl (C=O) groups excluding carboxylic acids is 1. The van der Waals surface area contributed by atoms with E-state index < -0.39 is 12.0 Å². The zero-order chi connectivity index (χ0) is 13.1. The Morgan fingerprint density at radius 3 is 2.78 bits per heavy atom. The molecule has 18 heavy (non-hydrogen) atoms. The number of amides is 1. The largest absolute Gasteiger partial charge is 0.505 e. The summed E-state index contributed by atoms with van der Waals surface area (Å²) in [5, 5.41) is 22.3. The van der Waals surface area contributed by atoms with Gasteiger partial charge in [-0.3, -0.25) is 4.79 Å². The summed E-state index contributed by atoms with van der Waals surface area (Å²) < 4.78 is 0. The van der Waals surface area contributed by atoms with Gasteiger partial charge in [0.1, 0.15) is 0 Å². The second-order valence-corrected chi connectivity index (χ2v) is 4.68. The number of anilines is 1. The predicted octanol–water partition coefficient (Wildman–Crippen LogP) is 1.01. The van der Waals surface area contributed by atoms with Crippen LogP contribution < -0.4 is 11.1 Å². The molecule has 1 aromatic rings. The van der Waals surface area contributed by atoms with Gasteiger partial charge in [-0.2, -0.15) is 0 Å². The summed E-state index contributed by atoms with van der Waals surface area (Å²) in [6, 6.07) is 4.41. The predicted molar refractivity (Wildman–Crippen MR) is 68.2 cm³/mol. The molecule has 0 aliphatic heterocycles. The molecular formula is C13H18N2O3. The SMILES string of the molecule is Nc1cccc(C(=O)N[C@H]2CCCC[C@@H]2O)c1O. The van der Waals surface area contributed by atoms with Crippen molar-refractivity contribution in [2.75, 3.05) is 5.73 Å². The number of nitrogens with one attached hydrogen (secondary N) is 1. The molecule has 0 unspecified atom stereocenters. The number of nitrogens with two attached hydrogens (primary N) is 1. The molecule has 2 atom stereocenters. The van der Waals surface area contributed by atoms with Gasteiger partial charge in [0.25, 0.3) is 5.91 Å². The molecule has 0 radical (unpaired) electrons. The first-order chi connectivity index (χ1) is 8.59. The lowest BCUT2D eigenvalue weighted by atomic mass is 9.92. The average Bonchev–Trinajstić information content (AvgIpc) is 2.35. The molecule has 1 aliphatic carbocycles. The summed E-state index contributed by atoms with van der Waals surface area (Å²) >= 11 is 0. The third-order valence-electron chi connectivity index (χ3n) is 3.36. The van der Waals surface area contributed by atoms with Crippen LogP contribution >= 0.6 is 0 Å². The Morgan fingerprint density at radius 1 is 1.33 bits per heavy atom. The Balaban J connectivity index is 2.09. The lowest BCUT2D eigenvalue weighted by molar-refractivity contribution is 0.0715. The van der Waals surface area contributed by atoms with Crippen molar-refractivity contribution in [1.82, 2.24) is 5.32 Å². The molecule has 0 spiro atoms. The topological polar surface area (TPSA) is 95.6 Å². The maximum atomic E-state index is 12.0. The van der Waals surface area contributed by atoms with Crippen LogP contribution in [0, 0.1) is 0 Å². The van der Waals surface area contributed by atoms with E-state index in [0.717, 1.165) is 19.3 Å². The van der Waals surface area contributed by atoms with Gasteiger partial charge >= 0.3 is 0 Å². The number of carbonyl (C=O) groups is 1. The van der Waals surface area contributed by atoms with Crippen LogP contribution in [0.4, 0.5) is 5.69 Å². The van der Waals surface area contributed by atoms with E-state index in [1.165, 1.54) is 12.1 Å². The minimum absolute atomic E-state index is 0.146. The Labute approximate surface area is 106 Å². The highest BCUT2D eigenvalue weighted by molar-refractivity contribution is 5.98. The van der Waals surface area contributed by atoms with Gasteiger partial charge in [0, 0.05) is 0 Å². The van der Waals surface area contributed by atoms with Crippen molar-refractivity contribution < 1.29 is 15.0 Å². The Bertz CT molecular complexity index is 448. The highest BCUT2D eigenvalue weighted by Crippen LogP contribution is 2.25. The molecule has 5 nitrogen and oxygen atoms in total. The van der Waals surface area contributed by atoms with Crippen LogP contribution in [0.5, 0.6) is 5.75 Å². The van der Waals surface area contributed by atoms with E-state index in [0.29, 0.717) is 6.42 Å². The second kappa shape index (κ2) is 5.27. The molecule has 5 heteroatoms. The minimum Gasteiger partial charge on any atom is -0.505 e. The summed E-state index contributed by atoms with van der Waals surface area (Å²) in [5.41, 5.74) is 5.86. The zero-order valence-corrected chi connectivity index (χ0v) is 10.1. The van der Waals surface area contributed by atoms with Gasteiger partial charge in [0.05, 0.1) is 23.4 Å². The molecule has 0 bridgehead atoms. The smallest absolute Gasteiger partial charge is 0.255 e. The first-order valence-corrected chi connectivity index (χ1v) is 6.16. The van der Waals surface area contributed by atoms with E-state index in [1.807, 2.05) is 0 Å². The van der Waals surface area contributed by atoms with Crippen molar-refractivity contribution in [2.24, 2.45) is 0 Å². The number of benzene rings is 1. The molecule has 98 valence electrons. The minimum atomic E-state index is -0.508. The summed E-state index contributed by atoms with van der Waals surface area (Å²) in [6.45, 7) is 0. The first kappa shape index (κ1) is 12.7. The molecule has 1 aromatic carbocycles. The van der Waals surface area contributed by atoms with Crippen molar-refractivity contribution in [3.05, 3.63) is 23.8 Å². The van der Waals surface area contributed by atoms with Crippen LogP contribution in [-0.2, 0) is 0 Å². The third kappa shape index (κ3) is 2.56. The van der Waals surface area contributed by atoms with Crippen LogP contribution in [0.1, 0.15) is 36.0 Å². The van der Waals surface area contributed by atoms with Crippen molar-refractivity contribution >= 4 is 11.6 Å². The van der Waals surface area contributed by atoms with Gasteiger partial charge in [0.15, 0.2) is 5.75 Å². The Morgan fingerprint density at radius 2 is 2.06 bits per heavy atom. The average molecular weight is 250 g/mol. The second-order valence-electron chi connectivity index (χ2n) is 4.68. The van der Waals surface area contributed by atoms with Gasteiger partial charge in [-0.15, -0.1) is 0 Å². The Kier molecular flexibility index (Phi) is 3.72. The van der Waals surface area contributed by atoms with E-state index in [-0.39, 0.29) is 23.0 Å².